The highest BCUT2D eigenvalue weighted by Gasteiger charge is 2.20. The van der Waals surface area contributed by atoms with Gasteiger partial charge in [0.1, 0.15) is 5.76 Å². The lowest BCUT2D eigenvalue weighted by Crippen LogP contribution is -2.26. The van der Waals surface area contributed by atoms with Crippen molar-refractivity contribution in [3.05, 3.63) is 41.8 Å². The summed E-state index contributed by atoms with van der Waals surface area (Å²) in [6.07, 6.45) is 0. The number of nitrogens with zero attached hydrogens (tertiary/aromatic N) is 1. The standard InChI is InChI=1S/C14H19NO3/c1-5-18-14(16)13(11(2)17-4)15(3)12-9-7-6-8-10-12/h6-10H,5H2,1-4H3. The Kier molecular flexibility index (Phi) is 5.24. The number of hydrogen-bond donors (Lipinski definition) is 0. The fourth-order valence-electron chi connectivity index (χ4n) is 1.59. The first-order valence-corrected chi connectivity index (χ1v) is 5.82. The van der Waals surface area contributed by atoms with Crippen LogP contribution in [-0.4, -0.2) is 26.7 Å². The van der Waals surface area contributed by atoms with Crippen LogP contribution in [-0.2, 0) is 14.3 Å². The molecule has 4 nitrogen and oxygen atoms in total. The number of hydrogen-bond acceptors (Lipinski definition) is 4. The predicted octanol–water partition coefficient (Wildman–Crippen LogP) is 2.56. The van der Waals surface area contributed by atoms with Gasteiger partial charge in [0.15, 0.2) is 5.70 Å². The number of anilines is 1. The van der Waals surface area contributed by atoms with Crippen molar-refractivity contribution in [2.45, 2.75) is 13.8 Å². The molecule has 18 heavy (non-hydrogen) atoms. The molecule has 98 valence electrons. The molecule has 4 heteroatoms. The number of para-hydroxylation sites is 1. The van der Waals surface area contributed by atoms with E-state index in [1.807, 2.05) is 37.4 Å². The van der Waals surface area contributed by atoms with Crippen molar-refractivity contribution in [3.8, 4) is 0 Å². The molecule has 0 atom stereocenters. The molecule has 0 bridgehead atoms. The van der Waals surface area contributed by atoms with E-state index in [-0.39, 0.29) is 5.97 Å². The summed E-state index contributed by atoms with van der Waals surface area (Å²) in [5.74, 6) is 0.142. The van der Waals surface area contributed by atoms with E-state index in [2.05, 4.69) is 0 Å². The molecule has 1 aromatic rings. The minimum atomic E-state index is -0.386. The van der Waals surface area contributed by atoms with Gasteiger partial charge in [0.05, 0.1) is 13.7 Å². The number of esters is 1. The van der Waals surface area contributed by atoms with Gasteiger partial charge in [-0.25, -0.2) is 4.79 Å². The molecular weight excluding hydrogens is 230 g/mol. The van der Waals surface area contributed by atoms with E-state index in [0.29, 0.717) is 18.1 Å². The van der Waals surface area contributed by atoms with Crippen molar-refractivity contribution in [2.75, 3.05) is 25.7 Å². The first-order chi connectivity index (χ1) is 8.61. The molecule has 0 N–H and O–H groups in total. The Bertz CT molecular complexity index is 426. The maximum absolute atomic E-state index is 12.0. The first-order valence-electron chi connectivity index (χ1n) is 5.82. The summed E-state index contributed by atoms with van der Waals surface area (Å²) in [6.45, 7) is 3.85. The van der Waals surface area contributed by atoms with Crippen LogP contribution in [0.25, 0.3) is 0 Å². The van der Waals surface area contributed by atoms with Gasteiger partial charge in [-0.15, -0.1) is 0 Å². The molecule has 0 heterocycles. The summed E-state index contributed by atoms with van der Waals surface area (Å²) in [4.78, 5) is 13.7. The molecule has 0 aliphatic heterocycles. The maximum atomic E-state index is 12.0. The van der Waals surface area contributed by atoms with Gasteiger partial charge in [-0.2, -0.15) is 0 Å². The fraction of sp³-hybridized carbons (Fsp3) is 0.357. The van der Waals surface area contributed by atoms with Gasteiger partial charge >= 0.3 is 5.97 Å². The van der Waals surface area contributed by atoms with Gasteiger partial charge in [-0.05, 0) is 26.0 Å². The van der Waals surface area contributed by atoms with E-state index in [0.717, 1.165) is 5.69 Å². The SMILES string of the molecule is CCOC(=O)C(=C(C)OC)N(C)c1ccccc1. The van der Waals surface area contributed by atoms with Gasteiger partial charge in [-0.3, -0.25) is 0 Å². The van der Waals surface area contributed by atoms with Crippen LogP contribution < -0.4 is 4.90 Å². The smallest absolute Gasteiger partial charge is 0.358 e. The molecule has 0 amide bonds. The molecule has 1 aromatic carbocycles. The van der Waals surface area contributed by atoms with Crippen molar-refractivity contribution in [2.24, 2.45) is 0 Å². The summed E-state index contributed by atoms with van der Waals surface area (Å²) in [5.41, 5.74) is 1.31. The monoisotopic (exact) mass is 249 g/mol. The Morgan fingerprint density at radius 1 is 1.28 bits per heavy atom. The summed E-state index contributed by atoms with van der Waals surface area (Å²) < 4.78 is 10.2. The summed E-state index contributed by atoms with van der Waals surface area (Å²) in [5, 5.41) is 0. The minimum absolute atomic E-state index is 0.335. The lowest BCUT2D eigenvalue weighted by molar-refractivity contribution is -0.138. The first kappa shape index (κ1) is 14.1. The Morgan fingerprint density at radius 3 is 2.39 bits per heavy atom. The van der Waals surface area contributed by atoms with E-state index in [9.17, 15) is 4.79 Å². The number of benzene rings is 1. The Morgan fingerprint density at radius 2 is 1.89 bits per heavy atom. The van der Waals surface area contributed by atoms with Crippen molar-refractivity contribution in [1.82, 2.24) is 0 Å². The summed E-state index contributed by atoms with van der Waals surface area (Å²) in [7, 11) is 3.34. The molecule has 0 saturated carbocycles. The third-order valence-corrected chi connectivity index (χ3v) is 2.59. The normalized spacial score (nSPS) is 11.6. The van der Waals surface area contributed by atoms with E-state index in [1.54, 1.807) is 18.7 Å². The molecular formula is C14H19NO3. The zero-order chi connectivity index (χ0) is 13.5. The van der Waals surface area contributed by atoms with Crippen molar-refractivity contribution < 1.29 is 14.3 Å². The quantitative estimate of drug-likeness (QED) is 0.457. The van der Waals surface area contributed by atoms with E-state index >= 15 is 0 Å². The van der Waals surface area contributed by atoms with Gasteiger partial charge < -0.3 is 14.4 Å². The second kappa shape index (κ2) is 6.69. The molecule has 0 unspecified atom stereocenters. The third kappa shape index (κ3) is 3.26. The van der Waals surface area contributed by atoms with Crippen molar-refractivity contribution in [3.63, 3.8) is 0 Å². The molecule has 0 saturated heterocycles. The van der Waals surface area contributed by atoms with Crippen LogP contribution in [0.3, 0.4) is 0 Å². The average Bonchev–Trinajstić information content (AvgIpc) is 2.40. The average molecular weight is 249 g/mol. The Hall–Kier alpha value is -1.97. The van der Waals surface area contributed by atoms with Gasteiger partial charge in [0, 0.05) is 12.7 Å². The summed E-state index contributed by atoms with van der Waals surface area (Å²) in [6, 6.07) is 9.59. The maximum Gasteiger partial charge on any atom is 0.358 e. The number of carbonyl (C=O) groups is 1. The fourth-order valence-corrected chi connectivity index (χ4v) is 1.59. The molecule has 0 aliphatic carbocycles. The highest BCUT2D eigenvalue weighted by Crippen LogP contribution is 2.20. The zero-order valence-electron chi connectivity index (χ0n) is 11.3. The number of allylic oxidation sites excluding steroid dienone is 1. The van der Waals surface area contributed by atoms with Crippen LogP contribution in [0.1, 0.15) is 13.8 Å². The van der Waals surface area contributed by atoms with Crippen LogP contribution in [0.15, 0.2) is 41.8 Å². The molecule has 0 radical (unpaired) electrons. The minimum Gasteiger partial charge on any atom is -0.499 e. The van der Waals surface area contributed by atoms with Crippen LogP contribution in [0.5, 0.6) is 0 Å². The van der Waals surface area contributed by atoms with Crippen LogP contribution in [0, 0.1) is 0 Å². The van der Waals surface area contributed by atoms with Gasteiger partial charge in [0.2, 0.25) is 0 Å². The van der Waals surface area contributed by atoms with E-state index < -0.39 is 0 Å². The number of methoxy groups -OCH3 is 1. The number of carbonyl (C=O) groups excluding carboxylic acids is 1. The lowest BCUT2D eigenvalue weighted by Gasteiger charge is -2.22. The second-order valence-electron chi connectivity index (χ2n) is 3.72. The van der Waals surface area contributed by atoms with Crippen molar-refractivity contribution >= 4 is 11.7 Å². The van der Waals surface area contributed by atoms with Crippen LogP contribution in [0.2, 0.25) is 0 Å². The third-order valence-electron chi connectivity index (χ3n) is 2.59. The van der Waals surface area contributed by atoms with E-state index in [1.165, 1.54) is 7.11 Å². The number of rotatable bonds is 5. The van der Waals surface area contributed by atoms with Gasteiger partial charge in [0.25, 0.3) is 0 Å². The highest BCUT2D eigenvalue weighted by molar-refractivity contribution is 5.93. The van der Waals surface area contributed by atoms with E-state index in [4.69, 9.17) is 9.47 Å². The van der Waals surface area contributed by atoms with Gasteiger partial charge in [-0.1, -0.05) is 18.2 Å². The zero-order valence-corrected chi connectivity index (χ0v) is 11.3. The number of likely N-dealkylation sites (N-methyl/N-ethyl adjacent to an activating group) is 1. The van der Waals surface area contributed by atoms with Crippen molar-refractivity contribution in [1.29, 1.82) is 0 Å². The lowest BCUT2D eigenvalue weighted by atomic mass is 10.2. The Balaban J connectivity index is 3.09. The Labute approximate surface area is 108 Å². The molecule has 0 aromatic heterocycles. The topological polar surface area (TPSA) is 38.8 Å². The molecule has 0 aliphatic rings. The number of ether oxygens (including phenoxy) is 2. The molecule has 1 rings (SSSR count). The van der Waals surface area contributed by atoms with Crippen LogP contribution in [0.4, 0.5) is 5.69 Å². The van der Waals surface area contributed by atoms with Crippen LogP contribution >= 0.6 is 0 Å². The summed E-state index contributed by atoms with van der Waals surface area (Å²) >= 11 is 0. The molecule has 0 fully saturated rings. The largest absolute Gasteiger partial charge is 0.499 e. The predicted molar refractivity (Wildman–Crippen MR) is 71.2 cm³/mol. The second-order valence-corrected chi connectivity index (χ2v) is 3.72. The molecule has 0 spiro atoms. The highest BCUT2D eigenvalue weighted by atomic mass is 16.5.